The molecule has 2 unspecified atom stereocenters. The van der Waals surface area contributed by atoms with Crippen molar-refractivity contribution in [3.8, 4) is 0 Å². The van der Waals surface area contributed by atoms with E-state index in [1.807, 2.05) is 24.3 Å². The van der Waals surface area contributed by atoms with E-state index in [1.165, 1.54) is 0 Å². The van der Waals surface area contributed by atoms with Crippen LogP contribution in [-0.4, -0.2) is 11.9 Å². The zero-order valence-electron chi connectivity index (χ0n) is 10.1. The molecule has 1 aromatic carbocycles. The Morgan fingerprint density at radius 2 is 2.28 bits per heavy atom. The molecule has 0 aliphatic heterocycles. The fourth-order valence-corrected chi connectivity index (χ4v) is 2.70. The number of primary amides is 1. The lowest BCUT2D eigenvalue weighted by molar-refractivity contribution is -0.119. The van der Waals surface area contributed by atoms with Gasteiger partial charge in [0, 0.05) is 10.2 Å². The van der Waals surface area contributed by atoms with Crippen LogP contribution in [0.4, 0.5) is 5.69 Å². The van der Waals surface area contributed by atoms with Gasteiger partial charge < -0.3 is 11.1 Å². The first-order valence-electron chi connectivity index (χ1n) is 6.13. The van der Waals surface area contributed by atoms with Gasteiger partial charge in [0.15, 0.2) is 0 Å². The maximum absolute atomic E-state index is 11.6. The number of anilines is 1. The van der Waals surface area contributed by atoms with Gasteiger partial charge in [0.25, 0.3) is 0 Å². The number of hydrogen-bond donors (Lipinski definition) is 2. The minimum Gasteiger partial charge on any atom is -0.373 e. The normalized spacial score (nSPS) is 20.4. The number of carbonyl (C=O) groups excluding carboxylic acids is 1. The molecular formula is C14H17BrN2O. The van der Waals surface area contributed by atoms with Crippen molar-refractivity contribution >= 4 is 27.5 Å². The summed E-state index contributed by atoms with van der Waals surface area (Å²) in [6, 6.07) is 7.48. The Labute approximate surface area is 116 Å². The highest BCUT2D eigenvalue weighted by Gasteiger charge is 2.26. The summed E-state index contributed by atoms with van der Waals surface area (Å²) in [6.07, 6.45) is 7.23. The van der Waals surface area contributed by atoms with E-state index >= 15 is 0 Å². The quantitative estimate of drug-likeness (QED) is 0.840. The molecule has 0 heterocycles. The molecule has 2 rings (SSSR count). The first kappa shape index (κ1) is 13.1. The number of rotatable bonds is 4. The van der Waals surface area contributed by atoms with E-state index in [0.717, 1.165) is 29.4 Å². The summed E-state index contributed by atoms with van der Waals surface area (Å²) in [5.74, 6) is 0.00163. The molecule has 1 amide bonds. The largest absolute Gasteiger partial charge is 0.373 e. The molecule has 4 heteroatoms. The van der Waals surface area contributed by atoms with E-state index in [-0.39, 0.29) is 17.9 Å². The van der Waals surface area contributed by atoms with Crippen molar-refractivity contribution in [2.45, 2.75) is 25.3 Å². The number of amides is 1. The van der Waals surface area contributed by atoms with Crippen molar-refractivity contribution < 1.29 is 4.79 Å². The van der Waals surface area contributed by atoms with Gasteiger partial charge in [-0.3, -0.25) is 4.79 Å². The summed E-state index contributed by atoms with van der Waals surface area (Å²) >= 11 is 3.42. The zero-order chi connectivity index (χ0) is 13.0. The Morgan fingerprint density at radius 1 is 1.44 bits per heavy atom. The summed E-state index contributed by atoms with van der Waals surface area (Å²) in [5, 5.41) is 3.25. The maximum atomic E-state index is 11.6. The van der Waals surface area contributed by atoms with Crippen LogP contribution < -0.4 is 11.1 Å². The second-order valence-corrected chi connectivity index (χ2v) is 5.49. The van der Waals surface area contributed by atoms with Gasteiger partial charge in [0.1, 0.15) is 6.04 Å². The molecule has 0 bridgehead atoms. The van der Waals surface area contributed by atoms with E-state index in [4.69, 9.17) is 5.73 Å². The van der Waals surface area contributed by atoms with Gasteiger partial charge >= 0.3 is 0 Å². The molecular weight excluding hydrogens is 292 g/mol. The fraction of sp³-hybridized carbons (Fsp3) is 0.357. The SMILES string of the molecule is NC(=O)C(Nc1cccc(Br)c1)C1CC=CCC1. The van der Waals surface area contributed by atoms with Crippen LogP contribution in [0.2, 0.25) is 0 Å². The molecule has 0 aromatic heterocycles. The predicted octanol–water partition coefficient (Wildman–Crippen LogP) is 3.07. The number of halogens is 1. The lowest BCUT2D eigenvalue weighted by Gasteiger charge is -2.27. The predicted molar refractivity (Wildman–Crippen MR) is 77.2 cm³/mol. The molecule has 18 heavy (non-hydrogen) atoms. The van der Waals surface area contributed by atoms with Gasteiger partial charge in [-0.05, 0) is 43.4 Å². The van der Waals surface area contributed by atoms with Crippen LogP contribution in [0.5, 0.6) is 0 Å². The molecule has 1 aliphatic rings. The molecule has 0 saturated carbocycles. The van der Waals surface area contributed by atoms with Gasteiger partial charge in [0.2, 0.25) is 5.91 Å². The second-order valence-electron chi connectivity index (χ2n) is 4.58. The maximum Gasteiger partial charge on any atom is 0.240 e. The average molecular weight is 309 g/mol. The fourth-order valence-electron chi connectivity index (χ4n) is 2.30. The molecule has 0 saturated heterocycles. The van der Waals surface area contributed by atoms with Crippen LogP contribution >= 0.6 is 15.9 Å². The second kappa shape index (κ2) is 6.05. The number of nitrogens with two attached hydrogens (primary N) is 1. The third kappa shape index (κ3) is 3.35. The molecule has 0 fully saturated rings. The van der Waals surface area contributed by atoms with Crippen LogP contribution in [-0.2, 0) is 4.79 Å². The Kier molecular flexibility index (Phi) is 4.42. The molecule has 0 spiro atoms. The molecule has 1 aliphatic carbocycles. The molecule has 1 aromatic rings. The summed E-state index contributed by atoms with van der Waals surface area (Å²) < 4.78 is 0.985. The monoisotopic (exact) mass is 308 g/mol. The van der Waals surface area contributed by atoms with Gasteiger partial charge in [-0.1, -0.05) is 34.1 Å². The first-order valence-corrected chi connectivity index (χ1v) is 6.92. The first-order chi connectivity index (χ1) is 8.66. The molecule has 96 valence electrons. The lowest BCUT2D eigenvalue weighted by Crippen LogP contribution is -2.41. The summed E-state index contributed by atoms with van der Waals surface area (Å²) in [7, 11) is 0. The van der Waals surface area contributed by atoms with Gasteiger partial charge in [0.05, 0.1) is 0 Å². The third-order valence-corrected chi connectivity index (χ3v) is 3.73. The number of nitrogens with one attached hydrogen (secondary N) is 1. The Morgan fingerprint density at radius 3 is 2.89 bits per heavy atom. The van der Waals surface area contributed by atoms with Crippen molar-refractivity contribution in [3.63, 3.8) is 0 Å². The minimum atomic E-state index is -0.302. The molecule has 0 radical (unpaired) electrons. The van der Waals surface area contributed by atoms with Crippen molar-refractivity contribution in [2.75, 3.05) is 5.32 Å². The molecule has 3 N–H and O–H groups in total. The highest BCUT2D eigenvalue weighted by Crippen LogP contribution is 2.25. The molecule has 3 nitrogen and oxygen atoms in total. The number of carbonyl (C=O) groups is 1. The van der Waals surface area contributed by atoms with Crippen molar-refractivity contribution in [1.29, 1.82) is 0 Å². The highest BCUT2D eigenvalue weighted by atomic mass is 79.9. The Balaban J connectivity index is 2.11. The summed E-state index contributed by atoms with van der Waals surface area (Å²) in [5.41, 5.74) is 6.44. The van der Waals surface area contributed by atoms with E-state index < -0.39 is 0 Å². The lowest BCUT2D eigenvalue weighted by atomic mass is 9.87. The van der Waals surface area contributed by atoms with Gasteiger partial charge in [-0.15, -0.1) is 0 Å². The van der Waals surface area contributed by atoms with Crippen LogP contribution in [0.1, 0.15) is 19.3 Å². The van der Waals surface area contributed by atoms with Gasteiger partial charge in [-0.25, -0.2) is 0 Å². The summed E-state index contributed by atoms with van der Waals surface area (Å²) in [4.78, 5) is 11.6. The van der Waals surface area contributed by atoms with E-state index in [2.05, 4.69) is 33.4 Å². The standard InChI is InChI=1S/C14H17BrN2O/c15-11-7-4-8-12(9-11)17-13(14(16)18)10-5-2-1-3-6-10/h1-2,4,7-10,13,17H,3,5-6H2,(H2,16,18). The number of hydrogen-bond acceptors (Lipinski definition) is 2. The number of allylic oxidation sites excluding steroid dienone is 2. The minimum absolute atomic E-state index is 0.282. The van der Waals surface area contributed by atoms with E-state index in [9.17, 15) is 4.79 Å². The van der Waals surface area contributed by atoms with Crippen LogP contribution in [0.3, 0.4) is 0 Å². The topological polar surface area (TPSA) is 55.1 Å². The third-order valence-electron chi connectivity index (χ3n) is 3.23. The summed E-state index contributed by atoms with van der Waals surface area (Å²) in [6.45, 7) is 0. The molecule has 2 atom stereocenters. The van der Waals surface area contributed by atoms with E-state index in [1.54, 1.807) is 0 Å². The van der Waals surface area contributed by atoms with Crippen LogP contribution in [0, 0.1) is 5.92 Å². The van der Waals surface area contributed by atoms with E-state index in [0.29, 0.717) is 0 Å². The average Bonchev–Trinajstić information content (AvgIpc) is 2.37. The number of benzene rings is 1. The Bertz CT molecular complexity index is 459. The van der Waals surface area contributed by atoms with Crippen molar-refractivity contribution in [1.82, 2.24) is 0 Å². The van der Waals surface area contributed by atoms with Gasteiger partial charge in [-0.2, -0.15) is 0 Å². The van der Waals surface area contributed by atoms with Crippen LogP contribution in [0.15, 0.2) is 40.9 Å². The smallest absolute Gasteiger partial charge is 0.240 e. The zero-order valence-corrected chi connectivity index (χ0v) is 11.7. The highest BCUT2D eigenvalue weighted by molar-refractivity contribution is 9.10. The Hall–Kier alpha value is -1.29. The van der Waals surface area contributed by atoms with Crippen LogP contribution in [0.25, 0.3) is 0 Å². The van der Waals surface area contributed by atoms with Crippen molar-refractivity contribution in [2.24, 2.45) is 11.7 Å². The van der Waals surface area contributed by atoms with Crippen molar-refractivity contribution in [3.05, 3.63) is 40.9 Å².